The predicted octanol–water partition coefficient (Wildman–Crippen LogP) is 4.50. The van der Waals surface area contributed by atoms with Crippen molar-refractivity contribution in [2.75, 3.05) is 11.9 Å². The zero-order valence-corrected chi connectivity index (χ0v) is 15.5. The van der Waals surface area contributed by atoms with Crippen molar-refractivity contribution >= 4 is 52.1 Å². The van der Waals surface area contributed by atoms with Crippen LogP contribution in [0.1, 0.15) is 11.1 Å². The number of anilines is 1. The average molecular weight is 383 g/mol. The van der Waals surface area contributed by atoms with Gasteiger partial charge in [-0.3, -0.25) is 10.1 Å². The quantitative estimate of drug-likeness (QED) is 0.764. The maximum atomic E-state index is 11.9. The number of aryl methyl sites for hydroxylation is 2. The van der Waals surface area contributed by atoms with Gasteiger partial charge >= 0.3 is 0 Å². The van der Waals surface area contributed by atoms with Crippen molar-refractivity contribution in [3.05, 3.63) is 57.6 Å². The highest BCUT2D eigenvalue weighted by Gasteiger charge is 2.08. The lowest BCUT2D eigenvalue weighted by molar-refractivity contribution is -0.121. The molecule has 0 radical (unpaired) electrons. The predicted molar refractivity (Wildman–Crippen MR) is 102 cm³/mol. The van der Waals surface area contributed by atoms with Crippen molar-refractivity contribution in [3.63, 3.8) is 0 Å². The van der Waals surface area contributed by atoms with E-state index in [2.05, 4.69) is 10.6 Å². The second kappa shape index (κ2) is 8.33. The molecule has 0 aliphatic heterocycles. The molecule has 0 aliphatic rings. The van der Waals surface area contributed by atoms with E-state index in [9.17, 15) is 4.79 Å². The molecule has 0 saturated heterocycles. The van der Waals surface area contributed by atoms with Crippen LogP contribution in [0.3, 0.4) is 0 Å². The van der Waals surface area contributed by atoms with Crippen LogP contribution in [0, 0.1) is 13.8 Å². The number of amides is 1. The van der Waals surface area contributed by atoms with E-state index in [4.69, 9.17) is 40.2 Å². The maximum Gasteiger partial charge on any atom is 0.264 e. The van der Waals surface area contributed by atoms with Gasteiger partial charge in [0.15, 0.2) is 11.7 Å². The topological polar surface area (TPSA) is 50.4 Å². The van der Waals surface area contributed by atoms with Crippen LogP contribution in [0.4, 0.5) is 5.69 Å². The minimum atomic E-state index is -0.387. The van der Waals surface area contributed by atoms with Crippen molar-refractivity contribution in [2.24, 2.45) is 0 Å². The summed E-state index contributed by atoms with van der Waals surface area (Å²) in [4.78, 5) is 11.9. The molecule has 1 amide bonds. The summed E-state index contributed by atoms with van der Waals surface area (Å²) in [5, 5.41) is 6.55. The third-order valence-corrected chi connectivity index (χ3v) is 4.01. The number of carbonyl (C=O) groups is 1. The van der Waals surface area contributed by atoms with Crippen LogP contribution in [-0.2, 0) is 4.79 Å². The molecule has 2 N–H and O–H groups in total. The molecule has 0 saturated carbocycles. The van der Waals surface area contributed by atoms with Crippen LogP contribution in [0.25, 0.3) is 0 Å². The first kappa shape index (κ1) is 18.5. The Morgan fingerprint density at radius 3 is 2.54 bits per heavy atom. The average Bonchev–Trinajstić information content (AvgIpc) is 2.50. The molecule has 0 heterocycles. The summed E-state index contributed by atoms with van der Waals surface area (Å²) in [5.74, 6) is -0.00777. The number of thiocarbonyl (C=S) groups is 1. The number of benzene rings is 2. The highest BCUT2D eigenvalue weighted by atomic mass is 35.5. The van der Waals surface area contributed by atoms with Gasteiger partial charge in [-0.25, -0.2) is 0 Å². The largest absolute Gasteiger partial charge is 0.482 e. The first-order valence-electron chi connectivity index (χ1n) is 7.11. The minimum Gasteiger partial charge on any atom is -0.482 e. The van der Waals surface area contributed by atoms with Crippen LogP contribution in [0.15, 0.2) is 36.4 Å². The molecule has 2 aromatic carbocycles. The molecule has 0 atom stereocenters. The summed E-state index contributed by atoms with van der Waals surface area (Å²) in [5.41, 5.74) is 3.13. The van der Waals surface area contributed by atoms with E-state index in [1.54, 1.807) is 18.2 Å². The van der Waals surface area contributed by atoms with E-state index in [0.29, 0.717) is 15.8 Å². The highest BCUT2D eigenvalue weighted by molar-refractivity contribution is 7.80. The van der Waals surface area contributed by atoms with Gasteiger partial charge in [0, 0.05) is 10.7 Å². The number of hydrogen-bond acceptors (Lipinski definition) is 3. The Balaban J connectivity index is 1.85. The van der Waals surface area contributed by atoms with Gasteiger partial charge in [-0.1, -0.05) is 29.3 Å². The van der Waals surface area contributed by atoms with Crippen molar-refractivity contribution in [1.82, 2.24) is 5.32 Å². The first-order chi connectivity index (χ1) is 11.3. The molecule has 0 aliphatic carbocycles. The number of ether oxygens (including phenoxy) is 1. The van der Waals surface area contributed by atoms with Crippen molar-refractivity contribution in [2.45, 2.75) is 13.8 Å². The zero-order chi connectivity index (χ0) is 17.7. The molecular formula is C17H16Cl2N2O2S. The van der Waals surface area contributed by atoms with E-state index in [-0.39, 0.29) is 17.6 Å². The summed E-state index contributed by atoms with van der Waals surface area (Å²) in [6, 6.07) is 10.6. The molecule has 0 spiro atoms. The number of nitrogens with one attached hydrogen (secondary N) is 2. The van der Waals surface area contributed by atoms with E-state index < -0.39 is 0 Å². The fourth-order valence-corrected chi connectivity index (χ4v) is 2.57. The van der Waals surface area contributed by atoms with E-state index in [1.165, 1.54) is 5.56 Å². The number of carbonyl (C=O) groups excluding carboxylic acids is 1. The second-order valence-electron chi connectivity index (χ2n) is 5.16. The molecule has 4 nitrogen and oxygen atoms in total. The standard InChI is InChI=1S/C17H16Cl2N2O2S/c1-10-3-5-13(7-11(10)2)20-17(24)21-16(22)9-23-15-6-4-12(18)8-14(15)19/h3-8H,9H2,1-2H3,(H2,20,21,22,24). The Labute approximate surface area is 156 Å². The molecule has 7 heteroatoms. The van der Waals surface area contributed by atoms with Gasteiger partial charge in [0.1, 0.15) is 5.75 Å². The van der Waals surface area contributed by atoms with Crippen LogP contribution < -0.4 is 15.4 Å². The third-order valence-electron chi connectivity index (χ3n) is 3.27. The third kappa shape index (κ3) is 5.37. The Bertz CT molecular complexity index is 781. The zero-order valence-electron chi connectivity index (χ0n) is 13.2. The second-order valence-corrected chi connectivity index (χ2v) is 6.42. The lowest BCUT2D eigenvalue weighted by Crippen LogP contribution is -2.37. The molecule has 24 heavy (non-hydrogen) atoms. The van der Waals surface area contributed by atoms with Gasteiger partial charge in [0.05, 0.1) is 5.02 Å². The summed E-state index contributed by atoms with van der Waals surface area (Å²) < 4.78 is 5.35. The van der Waals surface area contributed by atoms with Crippen LogP contribution in [0.2, 0.25) is 10.0 Å². The smallest absolute Gasteiger partial charge is 0.264 e. The van der Waals surface area contributed by atoms with Gasteiger partial charge in [0.25, 0.3) is 5.91 Å². The molecule has 0 unspecified atom stereocenters. The molecule has 0 bridgehead atoms. The molecule has 2 rings (SSSR count). The first-order valence-corrected chi connectivity index (χ1v) is 8.27. The molecule has 2 aromatic rings. The lowest BCUT2D eigenvalue weighted by Gasteiger charge is -2.12. The monoisotopic (exact) mass is 382 g/mol. The van der Waals surface area contributed by atoms with E-state index >= 15 is 0 Å². The fraction of sp³-hybridized carbons (Fsp3) is 0.176. The van der Waals surface area contributed by atoms with Crippen molar-refractivity contribution in [1.29, 1.82) is 0 Å². The summed E-state index contributed by atoms with van der Waals surface area (Å²) in [7, 11) is 0. The number of rotatable bonds is 4. The summed E-state index contributed by atoms with van der Waals surface area (Å²) >= 11 is 16.9. The molecule has 0 aromatic heterocycles. The normalized spacial score (nSPS) is 10.2. The van der Waals surface area contributed by atoms with Crippen molar-refractivity contribution in [3.8, 4) is 5.75 Å². The van der Waals surface area contributed by atoms with E-state index in [1.807, 2.05) is 32.0 Å². The maximum absolute atomic E-state index is 11.9. The lowest BCUT2D eigenvalue weighted by atomic mass is 10.1. The Morgan fingerprint density at radius 2 is 1.88 bits per heavy atom. The van der Waals surface area contributed by atoms with E-state index in [0.717, 1.165) is 11.3 Å². The van der Waals surface area contributed by atoms with Crippen molar-refractivity contribution < 1.29 is 9.53 Å². The van der Waals surface area contributed by atoms with Gasteiger partial charge in [-0.05, 0) is 67.5 Å². The molecular weight excluding hydrogens is 367 g/mol. The highest BCUT2D eigenvalue weighted by Crippen LogP contribution is 2.27. The molecule has 126 valence electrons. The van der Waals surface area contributed by atoms with Crippen LogP contribution in [-0.4, -0.2) is 17.6 Å². The van der Waals surface area contributed by atoms with Crippen LogP contribution in [0.5, 0.6) is 5.75 Å². The minimum absolute atomic E-state index is 0.203. The Kier molecular flexibility index (Phi) is 6.43. The summed E-state index contributed by atoms with van der Waals surface area (Å²) in [6.45, 7) is 3.82. The van der Waals surface area contributed by atoms with Crippen LogP contribution >= 0.6 is 35.4 Å². The fourth-order valence-electron chi connectivity index (χ4n) is 1.88. The summed E-state index contributed by atoms with van der Waals surface area (Å²) in [6.07, 6.45) is 0. The number of halogens is 2. The molecule has 0 fully saturated rings. The van der Waals surface area contributed by atoms with Gasteiger partial charge in [-0.2, -0.15) is 0 Å². The van der Waals surface area contributed by atoms with Gasteiger partial charge in [-0.15, -0.1) is 0 Å². The van der Waals surface area contributed by atoms with Gasteiger partial charge < -0.3 is 10.1 Å². The SMILES string of the molecule is Cc1ccc(NC(=S)NC(=O)COc2ccc(Cl)cc2Cl)cc1C. The number of hydrogen-bond donors (Lipinski definition) is 2. The Hall–Kier alpha value is -1.82. The van der Waals surface area contributed by atoms with Gasteiger partial charge in [0.2, 0.25) is 0 Å². The Morgan fingerprint density at radius 1 is 1.12 bits per heavy atom.